The zero-order valence-corrected chi connectivity index (χ0v) is 18.3. The first kappa shape index (κ1) is 24.9. The smallest absolute Gasteiger partial charge is 0.104 e. The van der Waals surface area contributed by atoms with Crippen LogP contribution in [0.1, 0.15) is 24.5 Å². The maximum Gasteiger partial charge on any atom is 0.104 e. The van der Waals surface area contributed by atoms with Crippen LogP contribution < -0.4 is 24.8 Å². The summed E-state index contributed by atoms with van der Waals surface area (Å²) in [7, 11) is 9.40. The van der Waals surface area contributed by atoms with Gasteiger partial charge in [-0.25, -0.2) is 0 Å². The summed E-state index contributed by atoms with van der Waals surface area (Å²) in [6.07, 6.45) is 1.24. The maximum absolute atomic E-state index is 2.39. The van der Waals surface area contributed by atoms with Crippen molar-refractivity contribution in [3.8, 4) is 0 Å². The Balaban J connectivity index is 0.00000312. The first-order valence-corrected chi connectivity index (χ1v) is 9.01. The van der Waals surface area contributed by atoms with Gasteiger partial charge in [0.05, 0.1) is 40.8 Å². The summed E-state index contributed by atoms with van der Waals surface area (Å²) in [4.78, 5) is 0. The molecular weight excluding hydrogens is 363 g/mol. The molecule has 0 fully saturated rings. The number of nitrogens with zero attached hydrogens (tertiary/aromatic N) is 2. The van der Waals surface area contributed by atoms with E-state index in [0.29, 0.717) is 6.04 Å². The zero-order valence-electron chi connectivity index (χ0n) is 16.8. The van der Waals surface area contributed by atoms with Gasteiger partial charge in [-0.05, 0) is 6.92 Å². The Hall–Kier alpha value is -1.06. The summed E-state index contributed by atoms with van der Waals surface area (Å²) in [5.41, 5.74) is 2.85. The molecule has 0 N–H and O–H groups in total. The SMILES string of the molecule is CC(CC[N+](C)(C)Cc1ccccc1)[N+](C)(C)Cc1ccccc1.[Cl-].[Cl-]. The van der Waals surface area contributed by atoms with Crippen LogP contribution in [-0.4, -0.2) is 49.7 Å². The summed E-state index contributed by atoms with van der Waals surface area (Å²) >= 11 is 0. The van der Waals surface area contributed by atoms with Gasteiger partial charge in [0.25, 0.3) is 0 Å². The molecule has 0 heterocycles. The van der Waals surface area contributed by atoms with E-state index in [4.69, 9.17) is 0 Å². The fourth-order valence-electron chi connectivity index (χ4n) is 3.25. The third-order valence-electron chi connectivity index (χ3n) is 5.23. The second kappa shape index (κ2) is 10.9. The average molecular weight is 397 g/mol. The van der Waals surface area contributed by atoms with Crippen molar-refractivity contribution in [2.45, 2.75) is 32.5 Å². The molecule has 2 aromatic rings. The van der Waals surface area contributed by atoms with Crippen LogP contribution in [-0.2, 0) is 13.1 Å². The predicted octanol–water partition coefficient (Wildman–Crippen LogP) is -1.67. The summed E-state index contributed by atoms with van der Waals surface area (Å²) in [5.74, 6) is 0. The largest absolute Gasteiger partial charge is 1.00 e. The second-order valence-electron chi connectivity index (χ2n) is 8.36. The molecule has 0 amide bonds. The van der Waals surface area contributed by atoms with Gasteiger partial charge in [-0.15, -0.1) is 0 Å². The lowest BCUT2D eigenvalue weighted by Crippen LogP contribution is -3.00. The molecule has 0 aliphatic rings. The van der Waals surface area contributed by atoms with Gasteiger partial charge in [0.1, 0.15) is 13.1 Å². The number of hydrogen-bond acceptors (Lipinski definition) is 0. The molecule has 0 spiro atoms. The van der Waals surface area contributed by atoms with E-state index in [1.807, 2.05) is 0 Å². The average Bonchev–Trinajstić information content (AvgIpc) is 2.53. The lowest BCUT2D eigenvalue weighted by Gasteiger charge is -2.38. The number of quaternary nitrogens is 2. The van der Waals surface area contributed by atoms with Gasteiger partial charge >= 0.3 is 0 Å². The molecule has 0 bridgehead atoms. The zero-order chi connectivity index (χ0) is 17.6. The molecule has 0 aliphatic heterocycles. The first-order chi connectivity index (χ1) is 11.3. The monoisotopic (exact) mass is 396 g/mol. The van der Waals surface area contributed by atoms with E-state index in [9.17, 15) is 0 Å². The number of benzene rings is 2. The highest BCUT2D eigenvalue weighted by atomic mass is 35.5. The van der Waals surface area contributed by atoms with Crippen LogP contribution >= 0.6 is 0 Å². The lowest BCUT2D eigenvalue weighted by atomic mass is 10.1. The Morgan fingerprint density at radius 1 is 0.692 bits per heavy atom. The van der Waals surface area contributed by atoms with E-state index in [0.717, 1.165) is 22.1 Å². The Bertz CT molecular complexity index is 613. The van der Waals surface area contributed by atoms with Gasteiger partial charge in [-0.3, -0.25) is 0 Å². The van der Waals surface area contributed by atoms with Gasteiger partial charge in [0.15, 0.2) is 0 Å². The van der Waals surface area contributed by atoms with Gasteiger partial charge in [0, 0.05) is 17.5 Å². The topological polar surface area (TPSA) is 0 Å². The van der Waals surface area contributed by atoms with Gasteiger partial charge in [0.2, 0.25) is 0 Å². The van der Waals surface area contributed by atoms with Crippen LogP contribution in [0, 0.1) is 0 Å². The third-order valence-corrected chi connectivity index (χ3v) is 5.23. The molecule has 0 radical (unpaired) electrons. The van der Waals surface area contributed by atoms with Gasteiger partial charge in [-0.1, -0.05) is 60.7 Å². The van der Waals surface area contributed by atoms with Crippen LogP contribution in [0.2, 0.25) is 0 Å². The van der Waals surface area contributed by atoms with Crippen molar-refractivity contribution in [2.24, 2.45) is 0 Å². The van der Waals surface area contributed by atoms with E-state index in [1.54, 1.807) is 0 Å². The molecule has 2 rings (SSSR count). The van der Waals surface area contributed by atoms with Gasteiger partial charge < -0.3 is 33.8 Å². The Labute approximate surface area is 172 Å². The van der Waals surface area contributed by atoms with Crippen LogP contribution in [0.5, 0.6) is 0 Å². The minimum Gasteiger partial charge on any atom is -1.00 e. The van der Waals surface area contributed by atoms with E-state index >= 15 is 0 Å². The fraction of sp³-hybridized carbons (Fsp3) is 0.455. The fourth-order valence-corrected chi connectivity index (χ4v) is 3.25. The number of halogens is 2. The Kier molecular flexibility index (Phi) is 10.5. The predicted molar refractivity (Wildman–Crippen MR) is 103 cm³/mol. The van der Waals surface area contributed by atoms with E-state index < -0.39 is 0 Å². The summed E-state index contributed by atoms with van der Waals surface area (Å²) in [5, 5.41) is 0. The minimum absolute atomic E-state index is 0. The molecule has 4 heteroatoms. The lowest BCUT2D eigenvalue weighted by molar-refractivity contribution is -0.938. The third kappa shape index (κ3) is 8.09. The minimum atomic E-state index is 0. The molecule has 1 unspecified atom stereocenters. The van der Waals surface area contributed by atoms with E-state index in [-0.39, 0.29) is 24.8 Å². The van der Waals surface area contributed by atoms with E-state index in [1.165, 1.54) is 24.1 Å². The maximum atomic E-state index is 2.39. The highest BCUT2D eigenvalue weighted by Crippen LogP contribution is 2.18. The number of rotatable bonds is 8. The Morgan fingerprint density at radius 3 is 1.58 bits per heavy atom. The molecule has 0 aromatic heterocycles. The summed E-state index contributed by atoms with van der Waals surface area (Å²) in [6.45, 7) is 5.78. The van der Waals surface area contributed by atoms with Crippen LogP contribution in [0.25, 0.3) is 0 Å². The van der Waals surface area contributed by atoms with Crippen molar-refractivity contribution >= 4 is 0 Å². The van der Waals surface area contributed by atoms with Crippen LogP contribution in [0.3, 0.4) is 0 Å². The molecule has 0 aliphatic carbocycles. The van der Waals surface area contributed by atoms with Crippen molar-refractivity contribution in [3.63, 3.8) is 0 Å². The van der Waals surface area contributed by atoms with Crippen molar-refractivity contribution in [3.05, 3.63) is 71.8 Å². The molecular formula is C22H34Cl2N2. The second-order valence-corrected chi connectivity index (χ2v) is 8.36. The Morgan fingerprint density at radius 2 is 1.12 bits per heavy atom. The summed E-state index contributed by atoms with van der Waals surface area (Å²) in [6, 6.07) is 22.3. The standard InChI is InChI=1S/C22H34N2.2ClH/c1-20(24(4,5)19-22-14-10-7-11-15-22)16-17-23(2,3)18-21-12-8-6-9-13-21;;/h6-15,20H,16-19H2,1-5H3;2*1H/q+2;;/p-2. The molecule has 0 saturated heterocycles. The molecule has 0 saturated carbocycles. The molecule has 2 aromatic carbocycles. The summed E-state index contributed by atoms with van der Waals surface area (Å²) < 4.78 is 2.08. The molecule has 2 nitrogen and oxygen atoms in total. The highest BCUT2D eigenvalue weighted by Gasteiger charge is 2.27. The van der Waals surface area contributed by atoms with Gasteiger partial charge in [-0.2, -0.15) is 0 Å². The van der Waals surface area contributed by atoms with Crippen molar-refractivity contribution < 1.29 is 33.8 Å². The normalized spacial score (nSPS) is 12.7. The molecule has 26 heavy (non-hydrogen) atoms. The van der Waals surface area contributed by atoms with Crippen molar-refractivity contribution in [2.75, 3.05) is 34.7 Å². The number of hydrogen-bond donors (Lipinski definition) is 0. The molecule has 146 valence electrons. The quantitative estimate of drug-likeness (QED) is 0.468. The first-order valence-electron chi connectivity index (χ1n) is 9.01. The van der Waals surface area contributed by atoms with Crippen molar-refractivity contribution in [1.82, 2.24) is 0 Å². The van der Waals surface area contributed by atoms with Crippen LogP contribution in [0.4, 0.5) is 0 Å². The van der Waals surface area contributed by atoms with Crippen molar-refractivity contribution in [1.29, 1.82) is 0 Å². The molecule has 1 atom stereocenters. The highest BCUT2D eigenvalue weighted by molar-refractivity contribution is 5.14. The van der Waals surface area contributed by atoms with Crippen LogP contribution in [0.15, 0.2) is 60.7 Å². The van der Waals surface area contributed by atoms with E-state index in [2.05, 4.69) is 95.8 Å².